The molecule has 0 aliphatic carbocycles. The second-order valence-electron chi connectivity index (χ2n) is 6.97. The van der Waals surface area contributed by atoms with Gasteiger partial charge in [-0.15, -0.1) is 0 Å². The van der Waals surface area contributed by atoms with Gasteiger partial charge in [-0.2, -0.15) is 0 Å². The van der Waals surface area contributed by atoms with Crippen LogP contribution in [0, 0.1) is 11.7 Å². The van der Waals surface area contributed by atoms with Gasteiger partial charge in [0, 0.05) is 37.9 Å². The third kappa shape index (κ3) is 6.06. The van der Waals surface area contributed by atoms with Gasteiger partial charge in [0.1, 0.15) is 5.82 Å². The van der Waals surface area contributed by atoms with Crippen LogP contribution in [0.4, 0.5) is 10.1 Å². The summed E-state index contributed by atoms with van der Waals surface area (Å²) in [6.07, 6.45) is 6.66. The van der Waals surface area contributed by atoms with Gasteiger partial charge in [-0.1, -0.05) is 26.7 Å². The zero-order valence-corrected chi connectivity index (χ0v) is 16.1. The average molecular weight is 365 g/mol. The van der Waals surface area contributed by atoms with Gasteiger partial charge in [0.15, 0.2) is 12.6 Å². The molecule has 146 valence electrons. The van der Waals surface area contributed by atoms with E-state index in [-0.39, 0.29) is 11.9 Å². The lowest BCUT2D eigenvalue weighted by molar-refractivity contribution is -0.177. The average Bonchev–Trinajstić information content (AvgIpc) is 2.67. The standard InChI is InChI=1S/C21H32FNO3/c1-3-5-13-25-21(26-14-6-4-2)17-9-11-23(12-10-17)19-8-7-18(16-24)20(22)15-19/h7-8,15-17,21H,3-6,9-14H2,1-2H3. The summed E-state index contributed by atoms with van der Waals surface area (Å²) < 4.78 is 25.9. The summed E-state index contributed by atoms with van der Waals surface area (Å²) in [7, 11) is 0. The van der Waals surface area contributed by atoms with Gasteiger partial charge in [-0.05, 0) is 43.9 Å². The number of piperidine rings is 1. The van der Waals surface area contributed by atoms with E-state index in [0.717, 1.165) is 70.5 Å². The number of hydrogen-bond acceptors (Lipinski definition) is 4. The lowest BCUT2D eigenvalue weighted by Gasteiger charge is -2.37. The number of rotatable bonds is 11. The maximum Gasteiger partial charge on any atom is 0.160 e. The Morgan fingerprint density at radius 1 is 1.15 bits per heavy atom. The number of benzene rings is 1. The van der Waals surface area contributed by atoms with Crippen molar-refractivity contribution < 1.29 is 18.7 Å². The largest absolute Gasteiger partial charge is 0.371 e. The Balaban J connectivity index is 1.90. The molecule has 0 unspecified atom stereocenters. The first-order valence-electron chi connectivity index (χ1n) is 9.92. The van der Waals surface area contributed by atoms with Gasteiger partial charge in [-0.25, -0.2) is 4.39 Å². The maximum atomic E-state index is 13.9. The van der Waals surface area contributed by atoms with Crippen LogP contribution in [0.15, 0.2) is 18.2 Å². The Morgan fingerprint density at radius 3 is 2.27 bits per heavy atom. The molecule has 1 saturated heterocycles. The maximum absolute atomic E-state index is 13.9. The van der Waals surface area contributed by atoms with Crippen LogP contribution in [0.1, 0.15) is 62.7 Å². The predicted molar refractivity (Wildman–Crippen MR) is 102 cm³/mol. The Bertz CT molecular complexity index is 534. The fraction of sp³-hybridized carbons (Fsp3) is 0.667. The molecule has 0 atom stereocenters. The van der Waals surface area contributed by atoms with E-state index in [1.165, 1.54) is 6.07 Å². The van der Waals surface area contributed by atoms with Gasteiger partial charge < -0.3 is 14.4 Å². The van der Waals surface area contributed by atoms with Crippen LogP contribution < -0.4 is 4.90 Å². The molecular weight excluding hydrogens is 333 g/mol. The quantitative estimate of drug-likeness (QED) is 0.320. The number of carbonyl (C=O) groups excluding carboxylic acids is 1. The van der Waals surface area contributed by atoms with E-state index in [4.69, 9.17) is 9.47 Å². The Labute approximate surface area is 156 Å². The molecule has 1 aliphatic rings. The molecule has 26 heavy (non-hydrogen) atoms. The van der Waals surface area contributed by atoms with E-state index < -0.39 is 5.82 Å². The fourth-order valence-electron chi connectivity index (χ4n) is 3.25. The number of halogens is 1. The minimum Gasteiger partial charge on any atom is -0.371 e. The number of aldehydes is 1. The topological polar surface area (TPSA) is 38.8 Å². The van der Waals surface area contributed by atoms with E-state index in [9.17, 15) is 9.18 Å². The Kier molecular flexibility index (Phi) is 9.06. The summed E-state index contributed by atoms with van der Waals surface area (Å²) in [5.74, 6) is -0.0812. The predicted octanol–water partition coefficient (Wildman–Crippen LogP) is 4.81. The van der Waals surface area contributed by atoms with Crippen LogP contribution in [0.25, 0.3) is 0 Å². The van der Waals surface area contributed by atoms with E-state index in [2.05, 4.69) is 18.7 Å². The van der Waals surface area contributed by atoms with E-state index in [1.54, 1.807) is 6.07 Å². The van der Waals surface area contributed by atoms with E-state index >= 15 is 0 Å². The fourth-order valence-corrected chi connectivity index (χ4v) is 3.25. The first-order valence-corrected chi connectivity index (χ1v) is 9.92. The van der Waals surface area contributed by atoms with Gasteiger partial charge in [0.2, 0.25) is 0 Å². The van der Waals surface area contributed by atoms with Crippen molar-refractivity contribution in [2.24, 2.45) is 5.92 Å². The summed E-state index contributed by atoms with van der Waals surface area (Å²) in [6, 6.07) is 4.82. The van der Waals surface area contributed by atoms with Crippen molar-refractivity contribution in [2.45, 2.75) is 58.7 Å². The van der Waals surface area contributed by atoms with Gasteiger partial charge in [0.05, 0.1) is 5.56 Å². The highest BCUT2D eigenvalue weighted by Gasteiger charge is 2.28. The van der Waals surface area contributed by atoms with Gasteiger partial charge >= 0.3 is 0 Å². The Hall–Kier alpha value is -1.46. The van der Waals surface area contributed by atoms with Crippen molar-refractivity contribution in [1.82, 2.24) is 0 Å². The number of ether oxygens (including phenoxy) is 2. The Morgan fingerprint density at radius 2 is 1.77 bits per heavy atom. The number of hydrogen-bond donors (Lipinski definition) is 0. The van der Waals surface area contributed by atoms with Crippen LogP contribution in [-0.4, -0.2) is 38.9 Å². The molecule has 0 aromatic heterocycles. The molecule has 1 heterocycles. The number of carbonyl (C=O) groups is 1. The molecule has 1 aliphatic heterocycles. The van der Waals surface area contributed by atoms with Crippen molar-refractivity contribution in [3.63, 3.8) is 0 Å². The van der Waals surface area contributed by atoms with Crippen LogP contribution >= 0.6 is 0 Å². The van der Waals surface area contributed by atoms with Crippen molar-refractivity contribution in [3.05, 3.63) is 29.6 Å². The lowest BCUT2D eigenvalue weighted by atomic mass is 9.95. The first-order chi connectivity index (χ1) is 12.7. The molecule has 0 bridgehead atoms. The lowest BCUT2D eigenvalue weighted by Crippen LogP contribution is -2.40. The van der Waals surface area contributed by atoms with Crippen LogP contribution in [0.2, 0.25) is 0 Å². The third-order valence-corrected chi connectivity index (χ3v) is 4.96. The van der Waals surface area contributed by atoms with Crippen LogP contribution in [0.5, 0.6) is 0 Å². The summed E-state index contributed by atoms with van der Waals surface area (Å²) in [4.78, 5) is 12.9. The first kappa shape index (κ1) is 20.8. The summed E-state index contributed by atoms with van der Waals surface area (Å²) in [5.41, 5.74) is 0.944. The normalized spacial score (nSPS) is 15.6. The molecule has 0 spiro atoms. The molecule has 0 amide bonds. The minimum atomic E-state index is -0.455. The summed E-state index contributed by atoms with van der Waals surface area (Å²) in [6.45, 7) is 7.48. The molecule has 1 aromatic carbocycles. The highest BCUT2D eigenvalue weighted by molar-refractivity contribution is 5.76. The summed E-state index contributed by atoms with van der Waals surface area (Å²) >= 11 is 0. The molecule has 0 radical (unpaired) electrons. The number of anilines is 1. The van der Waals surface area contributed by atoms with Crippen molar-refractivity contribution >= 4 is 12.0 Å². The molecule has 1 fully saturated rings. The second-order valence-corrected chi connectivity index (χ2v) is 6.97. The molecule has 0 N–H and O–H groups in total. The highest BCUT2D eigenvalue weighted by atomic mass is 19.1. The molecule has 4 nitrogen and oxygen atoms in total. The molecule has 0 saturated carbocycles. The van der Waals surface area contributed by atoms with Crippen LogP contribution in [-0.2, 0) is 9.47 Å². The van der Waals surface area contributed by atoms with Gasteiger partial charge in [-0.3, -0.25) is 4.79 Å². The smallest absolute Gasteiger partial charge is 0.160 e. The second kappa shape index (κ2) is 11.3. The molecule has 1 aromatic rings. The van der Waals surface area contributed by atoms with Crippen LogP contribution in [0.3, 0.4) is 0 Å². The van der Waals surface area contributed by atoms with E-state index in [1.807, 2.05) is 6.07 Å². The molecule has 5 heteroatoms. The number of unbranched alkanes of at least 4 members (excludes halogenated alkanes) is 2. The minimum absolute atomic E-state index is 0.109. The van der Waals surface area contributed by atoms with E-state index in [0.29, 0.717) is 12.2 Å². The monoisotopic (exact) mass is 365 g/mol. The van der Waals surface area contributed by atoms with Crippen molar-refractivity contribution in [2.75, 3.05) is 31.2 Å². The van der Waals surface area contributed by atoms with Crippen molar-refractivity contribution in [1.29, 1.82) is 0 Å². The van der Waals surface area contributed by atoms with Gasteiger partial charge in [0.25, 0.3) is 0 Å². The SMILES string of the molecule is CCCCOC(OCCCC)C1CCN(c2ccc(C=O)c(F)c2)CC1. The molecular formula is C21H32FNO3. The summed E-state index contributed by atoms with van der Waals surface area (Å²) in [5, 5.41) is 0. The number of nitrogens with zero attached hydrogens (tertiary/aromatic N) is 1. The zero-order valence-electron chi connectivity index (χ0n) is 16.1. The molecule has 2 rings (SSSR count). The zero-order chi connectivity index (χ0) is 18.8. The van der Waals surface area contributed by atoms with Crippen molar-refractivity contribution in [3.8, 4) is 0 Å². The third-order valence-electron chi connectivity index (χ3n) is 4.96. The highest BCUT2D eigenvalue weighted by Crippen LogP contribution is 2.28.